The maximum absolute atomic E-state index is 13.4. The Labute approximate surface area is 187 Å². The number of hydrogen-bond donors (Lipinski definition) is 2. The van der Waals surface area contributed by atoms with Crippen LogP contribution in [0.4, 0.5) is 11.4 Å². The molecule has 11 nitrogen and oxygen atoms in total. The summed E-state index contributed by atoms with van der Waals surface area (Å²) in [4.78, 5) is 62.0. The van der Waals surface area contributed by atoms with E-state index < -0.39 is 52.1 Å². The number of benzene rings is 2. The molecule has 0 aromatic heterocycles. The second-order valence-corrected chi connectivity index (χ2v) is 8.04. The predicted molar refractivity (Wildman–Crippen MR) is 112 cm³/mol. The molecule has 0 bridgehead atoms. The summed E-state index contributed by atoms with van der Waals surface area (Å²) in [6, 6.07) is 10.3. The number of aliphatic carboxylic acids is 1. The van der Waals surface area contributed by atoms with Gasteiger partial charge < -0.3 is 9.84 Å². The maximum atomic E-state index is 13.4. The van der Waals surface area contributed by atoms with Gasteiger partial charge in [0, 0.05) is 18.2 Å². The summed E-state index contributed by atoms with van der Waals surface area (Å²) in [5.74, 6) is -5.60. The van der Waals surface area contributed by atoms with Crippen molar-refractivity contribution in [3.63, 3.8) is 0 Å². The highest BCUT2D eigenvalue weighted by molar-refractivity contribution is 6.24. The molecule has 2 aromatic carbocycles. The minimum atomic E-state index is -1.77. The lowest BCUT2D eigenvalue weighted by Crippen LogP contribution is -2.53. The lowest BCUT2D eigenvalue weighted by molar-refractivity contribution is -0.384. The molecule has 2 aromatic rings. The van der Waals surface area contributed by atoms with Crippen molar-refractivity contribution in [2.45, 2.75) is 18.5 Å². The number of ether oxygens (including phenoxy) is 1. The van der Waals surface area contributed by atoms with E-state index in [4.69, 9.17) is 0 Å². The average molecular weight is 453 g/mol. The molecule has 11 heteroatoms. The minimum Gasteiger partial charge on any atom is -0.480 e. The number of nitrogens with one attached hydrogen (secondary N) is 1. The minimum absolute atomic E-state index is 0.00104. The Balaban J connectivity index is 1.78. The summed E-state index contributed by atoms with van der Waals surface area (Å²) in [5.41, 5.74) is -1.30. The molecule has 0 saturated carbocycles. The number of methoxy groups -OCH3 is 1. The first-order valence-corrected chi connectivity index (χ1v) is 9.91. The van der Waals surface area contributed by atoms with Crippen LogP contribution in [-0.4, -0.2) is 46.4 Å². The normalized spacial score (nSPS) is 26.2. The van der Waals surface area contributed by atoms with Crippen LogP contribution in [0.2, 0.25) is 0 Å². The third kappa shape index (κ3) is 3.33. The molecule has 4 atom stereocenters. The number of amides is 2. The quantitative estimate of drug-likeness (QED) is 0.297. The topological polar surface area (TPSA) is 156 Å². The van der Waals surface area contributed by atoms with E-state index in [0.29, 0.717) is 5.56 Å². The maximum Gasteiger partial charge on any atom is 0.337 e. The molecule has 4 unspecified atom stereocenters. The first-order valence-electron chi connectivity index (χ1n) is 9.91. The standard InChI is InChI=1S/C22H19N3O8/c1-22(21(29)30)16-15(17(23-22)11-6-8-12(9-7-11)20(28)33-2)18(26)24(19(16)27)13-4-3-5-14(10-13)25(31)32/h3-10,15-17,23H,1-2H3,(H,29,30). The van der Waals surface area contributed by atoms with Crippen LogP contribution in [0.15, 0.2) is 48.5 Å². The van der Waals surface area contributed by atoms with E-state index in [9.17, 15) is 34.4 Å². The van der Waals surface area contributed by atoms with E-state index >= 15 is 0 Å². The highest BCUT2D eigenvalue weighted by Gasteiger charge is 2.66. The molecule has 0 spiro atoms. The summed E-state index contributed by atoms with van der Waals surface area (Å²) in [6.07, 6.45) is 0. The molecule has 4 rings (SSSR count). The van der Waals surface area contributed by atoms with Gasteiger partial charge in [-0.1, -0.05) is 18.2 Å². The van der Waals surface area contributed by atoms with Crippen LogP contribution in [0.3, 0.4) is 0 Å². The number of anilines is 1. The lowest BCUT2D eigenvalue weighted by Gasteiger charge is -2.27. The van der Waals surface area contributed by atoms with Crippen molar-refractivity contribution in [1.82, 2.24) is 5.32 Å². The van der Waals surface area contributed by atoms with Gasteiger partial charge >= 0.3 is 11.9 Å². The van der Waals surface area contributed by atoms with Crippen LogP contribution in [0.5, 0.6) is 0 Å². The summed E-state index contributed by atoms with van der Waals surface area (Å²) in [7, 11) is 1.24. The molecule has 2 fully saturated rings. The second-order valence-electron chi connectivity index (χ2n) is 8.04. The summed E-state index contributed by atoms with van der Waals surface area (Å²) >= 11 is 0. The first kappa shape index (κ1) is 22.1. The van der Waals surface area contributed by atoms with Gasteiger partial charge in [-0.15, -0.1) is 0 Å². The molecule has 2 heterocycles. The van der Waals surface area contributed by atoms with Crippen LogP contribution < -0.4 is 10.2 Å². The average Bonchev–Trinajstić information content (AvgIpc) is 3.27. The van der Waals surface area contributed by atoms with Crippen molar-refractivity contribution < 1.29 is 33.9 Å². The van der Waals surface area contributed by atoms with Crippen molar-refractivity contribution in [1.29, 1.82) is 0 Å². The summed E-state index contributed by atoms with van der Waals surface area (Å²) in [5, 5.41) is 24.0. The number of carboxylic acids is 1. The van der Waals surface area contributed by atoms with Crippen molar-refractivity contribution >= 4 is 35.1 Å². The number of nitrogens with zero attached hydrogens (tertiary/aromatic N) is 2. The zero-order chi connectivity index (χ0) is 24.1. The Hall–Kier alpha value is -4.12. The van der Waals surface area contributed by atoms with Crippen LogP contribution in [-0.2, 0) is 19.1 Å². The number of carboxylic acid groups (broad SMARTS) is 1. The molecular formula is C22H19N3O8. The van der Waals surface area contributed by atoms with Gasteiger partial charge in [0.25, 0.3) is 5.69 Å². The Morgan fingerprint density at radius 1 is 1.15 bits per heavy atom. The predicted octanol–water partition coefficient (Wildman–Crippen LogP) is 1.67. The third-order valence-corrected chi connectivity index (χ3v) is 6.22. The third-order valence-electron chi connectivity index (χ3n) is 6.22. The number of fused-ring (bicyclic) bond motifs is 1. The van der Waals surface area contributed by atoms with E-state index in [2.05, 4.69) is 10.1 Å². The molecule has 0 aliphatic carbocycles. The van der Waals surface area contributed by atoms with Gasteiger partial charge in [-0.25, -0.2) is 9.69 Å². The number of carbonyl (C=O) groups excluding carboxylic acids is 3. The largest absolute Gasteiger partial charge is 0.480 e. The van der Waals surface area contributed by atoms with Gasteiger partial charge in [0.05, 0.1) is 35.1 Å². The van der Waals surface area contributed by atoms with Crippen LogP contribution in [0, 0.1) is 22.0 Å². The fraction of sp³-hybridized carbons (Fsp3) is 0.273. The number of non-ortho nitro benzene ring substituents is 1. The molecule has 2 aliphatic rings. The van der Waals surface area contributed by atoms with Crippen LogP contribution in [0.25, 0.3) is 0 Å². The Bertz CT molecular complexity index is 1190. The summed E-state index contributed by atoms with van der Waals surface area (Å²) < 4.78 is 4.67. The SMILES string of the molecule is COC(=O)c1ccc(C2NC(C)(C(=O)O)C3C(=O)N(c4cccc([N+](=O)[O-])c4)C(=O)C23)cc1. The van der Waals surface area contributed by atoms with E-state index in [1.54, 1.807) is 12.1 Å². The van der Waals surface area contributed by atoms with E-state index in [-0.39, 0.29) is 16.9 Å². The number of esters is 1. The molecule has 2 aliphatic heterocycles. The molecule has 0 radical (unpaired) electrons. The van der Waals surface area contributed by atoms with E-state index in [0.717, 1.165) is 11.0 Å². The monoisotopic (exact) mass is 453 g/mol. The van der Waals surface area contributed by atoms with Crippen LogP contribution >= 0.6 is 0 Å². The van der Waals surface area contributed by atoms with Crippen molar-refractivity contribution in [3.8, 4) is 0 Å². The number of rotatable bonds is 5. The molecule has 2 amide bonds. The molecule has 2 N–H and O–H groups in total. The molecule has 2 saturated heterocycles. The highest BCUT2D eigenvalue weighted by atomic mass is 16.6. The number of nitro groups is 1. The lowest BCUT2D eigenvalue weighted by atomic mass is 9.80. The fourth-order valence-electron chi connectivity index (χ4n) is 4.57. The van der Waals surface area contributed by atoms with Gasteiger partial charge in [-0.3, -0.25) is 29.8 Å². The zero-order valence-corrected chi connectivity index (χ0v) is 17.6. The first-order chi connectivity index (χ1) is 15.6. The Morgan fingerprint density at radius 2 is 1.82 bits per heavy atom. The van der Waals surface area contributed by atoms with Gasteiger partial charge in [0.1, 0.15) is 5.54 Å². The number of imide groups is 1. The molecule has 170 valence electrons. The van der Waals surface area contributed by atoms with E-state index in [1.807, 2.05) is 0 Å². The highest BCUT2D eigenvalue weighted by Crippen LogP contribution is 2.49. The number of carbonyl (C=O) groups is 4. The molecule has 33 heavy (non-hydrogen) atoms. The van der Waals surface area contributed by atoms with Crippen molar-refractivity contribution in [3.05, 3.63) is 69.8 Å². The molecular weight excluding hydrogens is 434 g/mol. The van der Waals surface area contributed by atoms with Gasteiger partial charge in [0.2, 0.25) is 11.8 Å². The van der Waals surface area contributed by atoms with Gasteiger partial charge in [-0.2, -0.15) is 0 Å². The van der Waals surface area contributed by atoms with Crippen molar-refractivity contribution in [2.75, 3.05) is 12.0 Å². The Morgan fingerprint density at radius 3 is 2.39 bits per heavy atom. The second kappa shape index (κ2) is 7.78. The fourth-order valence-corrected chi connectivity index (χ4v) is 4.57. The smallest absolute Gasteiger partial charge is 0.337 e. The summed E-state index contributed by atoms with van der Waals surface area (Å²) in [6.45, 7) is 1.33. The van der Waals surface area contributed by atoms with Crippen LogP contribution in [0.1, 0.15) is 28.9 Å². The number of hydrogen-bond acceptors (Lipinski definition) is 8. The Kier molecular flexibility index (Phi) is 5.21. The van der Waals surface area contributed by atoms with E-state index in [1.165, 1.54) is 44.4 Å². The zero-order valence-electron chi connectivity index (χ0n) is 17.6. The van der Waals surface area contributed by atoms with Gasteiger partial charge in [0.15, 0.2) is 0 Å². The van der Waals surface area contributed by atoms with Gasteiger partial charge in [-0.05, 0) is 30.7 Å². The number of nitro benzene ring substituents is 1. The van der Waals surface area contributed by atoms with Crippen molar-refractivity contribution in [2.24, 2.45) is 11.8 Å².